The fourth-order valence-electron chi connectivity index (χ4n) is 3.69. The Morgan fingerprint density at radius 2 is 2.00 bits per heavy atom. The number of pyridine rings is 1. The van der Waals surface area contributed by atoms with Crippen LogP contribution in [-0.4, -0.2) is 22.0 Å². The number of imide groups is 1. The number of halogens is 1. The van der Waals surface area contributed by atoms with E-state index in [0.29, 0.717) is 22.2 Å². The molecule has 0 bridgehead atoms. The molecule has 0 radical (unpaired) electrons. The molecule has 1 aliphatic carbocycles. The second kappa shape index (κ2) is 7.36. The van der Waals surface area contributed by atoms with Gasteiger partial charge in [-0.05, 0) is 61.1 Å². The van der Waals surface area contributed by atoms with Crippen molar-refractivity contribution in [3.05, 3.63) is 53.0 Å². The average molecular weight is 395 g/mol. The van der Waals surface area contributed by atoms with Crippen LogP contribution in [0.25, 0.3) is 0 Å². The molecule has 0 saturated carbocycles. The van der Waals surface area contributed by atoms with Gasteiger partial charge in [0.15, 0.2) is 0 Å². The lowest BCUT2D eigenvalue weighted by Crippen LogP contribution is -2.31. The number of hydrogen-bond acceptors (Lipinski definition) is 5. The molecule has 28 heavy (non-hydrogen) atoms. The first-order chi connectivity index (χ1) is 13.5. The Labute approximate surface area is 166 Å². The Balaban J connectivity index is 1.60. The van der Waals surface area contributed by atoms with E-state index in [-0.39, 0.29) is 18.2 Å². The minimum absolute atomic E-state index is 0.0293. The van der Waals surface area contributed by atoms with Gasteiger partial charge >= 0.3 is 0 Å². The van der Waals surface area contributed by atoms with Crippen molar-refractivity contribution in [2.45, 2.75) is 42.9 Å². The van der Waals surface area contributed by atoms with Gasteiger partial charge in [-0.3, -0.25) is 9.59 Å². The van der Waals surface area contributed by atoms with Gasteiger partial charge in [0.25, 0.3) is 0 Å². The molecule has 7 heteroatoms. The highest BCUT2D eigenvalue weighted by Crippen LogP contribution is 2.36. The van der Waals surface area contributed by atoms with Crippen molar-refractivity contribution >= 4 is 29.3 Å². The Kier molecular flexibility index (Phi) is 4.90. The summed E-state index contributed by atoms with van der Waals surface area (Å²) in [4.78, 5) is 31.0. The van der Waals surface area contributed by atoms with Crippen LogP contribution in [0.2, 0.25) is 0 Å². The first kappa shape index (κ1) is 18.6. The highest BCUT2D eigenvalue weighted by molar-refractivity contribution is 8.00. The highest BCUT2D eigenvalue weighted by Gasteiger charge is 2.41. The minimum Gasteiger partial charge on any atom is -0.274 e. The van der Waals surface area contributed by atoms with Crippen LogP contribution >= 0.6 is 11.8 Å². The highest BCUT2D eigenvalue weighted by atomic mass is 32.2. The molecule has 1 aromatic heterocycles. The molecule has 1 saturated heterocycles. The first-order valence-electron chi connectivity index (χ1n) is 9.18. The summed E-state index contributed by atoms with van der Waals surface area (Å²) in [5.74, 6) is -0.560. The normalized spacial score (nSPS) is 21.5. The van der Waals surface area contributed by atoms with Gasteiger partial charge in [0.2, 0.25) is 11.8 Å². The van der Waals surface area contributed by atoms with Crippen LogP contribution in [0.4, 0.5) is 10.1 Å². The molecule has 2 unspecified atom stereocenters. The maximum absolute atomic E-state index is 13.1. The monoisotopic (exact) mass is 395 g/mol. The maximum atomic E-state index is 13.1. The number of hydrogen-bond donors (Lipinski definition) is 0. The number of rotatable bonds is 3. The molecule has 2 aliphatic rings. The first-order valence-corrected chi connectivity index (χ1v) is 10.1. The molecule has 1 aliphatic heterocycles. The number of aryl methyl sites for hydroxylation is 1. The Hall–Kier alpha value is -2.72. The second-order valence-electron chi connectivity index (χ2n) is 7.26. The summed E-state index contributed by atoms with van der Waals surface area (Å²) in [6, 6.07) is 9.31. The SMILES string of the molecule is CC1CCc2nc(SC3CC(=O)N(c4ccc(F)cc4)C3=O)c(C#N)cc2C1. The number of fused-ring (bicyclic) bond motifs is 1. The molecule has 142 valence electrons. The smallest absolute Gasteiger partial charge is 0.247 e. The molecule has 0 N–H and O–H groups in total. The van der Waals surface area contributed by atoms with E-state index in [0.717, 1.165) is 35.4 Å². The molecule has 5 nitrogen and oxygen atoms in total. The minimum atomic E-state index is -0.641. The summed E-state index contributed by atoms with van der Waals surface area (Å²) in [6.07, 6.45) is 2.84. The third-order valence-electron chi connectivity index (χ3n) is 5.16. The van der Waals surface area contributed by atoms with E-state index >= 15 is 0 Å². The third-order valence-corrected chi connectivity index (χ3v) is 6.35. The molecular weight excluding hydrogens is 377 g/mol. The molecule has 2 atom stereocenters. The van der Waals surface area contributed by atoms with Crippen molar-refractivity contribution < 1.29 is 14.0 Å². The van der Waals surface area contributed by atoms with Gasteiger partial charge in [-0.25, -0.2) is 14.3 Å². The lowest BCUT2D eigenvalue weighted by molar-refractivity contribution is -0.121. The number of carbonyl (C=O) groups is 2. The summed E-state index contributed by atoms with van der Waals surface area (Å²) in [5, 5.41) is 9.39. The van der Waals surface area contributed by atoms with E-state index in [1.807, 2.05) is 6.07 Å². The Morgan fingerprint density at radius 3 is 2.71 bits per heavy atom. The van der Waals surface area contributed by atoms with Gasteiger partial charge in [0.05, 0.1) is 16.5 Å². The van der Waals surface area contributed by atoms with Crippen molar-refractivity contribution in [3.8, 4) is 6.07 Å². The van der Waals surface area contributed by atoms with Gasteiger partial charge in [-0.2, -0.15) is 5.26 Å². The standard InChI is InChI=1S/C21H18FN3O2S/c1-12-2-7-17-13(8-12)9-14(11-23)20(24-17)28-18-10-19(26)25(21(18)27)16-5-3-15(22)4-6-16/h3-6,9,12,18H,2,7-8,10H2,1H3. The van der Waals surface area contributed by atoms with Crippen molar-refractivity contribution in [1.82, 2.24) is 4.98 Å². The van der Waals surface area contributed by atoms with E-state index in [1.165, 1.54) is 36.0 Å². The number of nitrogens with zero attached hydrogens (tertiary/aromatic N) is 3. The summed E-state index contributed by atoms with van der Waals surface area (Å²) in [5.41, 5.74) is 2.87. The maximum Gasteiger partial charge on any atom is 0.247 e. The van der Waals surface area contributed by atoms with E-state index in [1.54, 1.807) is 0 Å². The van der Waals surface area contributed by atoms with Crippen LogP contribution in [0.15, 0.2) is 35.4 Å². The van der Waals surface area contributed by atoms with E-state index < -0.39 is 11.1 Å². The number of anilines is 1. The molecule has 4 rings (SSSR count). The fraction of sp³-hybridized carbons (Fsp3) is 0.333. The molecule has 2 aromatic rings. The number of carbonyl (C=O) groups excluding carboxylic acids is 2. The zero-order chi connectivity index (χ0) is 19.8. The largest absolute Gasteiger partial charge is 0.274 e. The second-order valence-corrected chi connectivity index (χ2v) is 8.45. The zero-order valence-corrected chi connectivity index (χ0v) is 16.1. The lowest BCUT2D eigenvalue weighted by atomic mass is 9.87. The lowest BCUT2D eigenvalue weighted by Gasteiger charge is -2.22. The molecule has 1 fully saturated rings. The topological polar surface area (TPSA) is 74.1 Å². The summed E-state index contributed by atoms with van der Waals surface area (Å²) in [7, 11) is 0. The van der Waals surface area contributed by atoms with Crippen LogP contribution in [0.5, 0.6) is 0 Å². The van der Waals surface area contributed by atoms with Crippen LogP contribution < -0.4 is 4.90 Å². The molecule has 0 spiro atoms. The molecule has 2 heterocycles. The number of nitriles is 1. The van der Waals surface area contributed by atoms with Crippen molar-refractivity contribution in [2.24, 2.45) is 5.92 Å². The van der Waals surface area contributed by atoms with Crippen molar-refractivity contribution in [3.63, 3.8) is 0 Å². The number of benzene rings is 1. The average Bonchev–Trinajstić information content (AvgIpc) is 2.95. The van der Waals surface area contributed by atoms with E-state index in [2.05, 4.69) is 18.0 Å². The number of thioether (sulfide) groups is 1. The van der Waals surface area contributed by atoms with E-state index in [4.69, 9.17) is 0 Å². The van der Waals surface area contributed by atoms with Crippen LogP contribution in [0.1, 0.15) is 36.6 Å². The van der Waals surface area contributed by atoms with Gasteiger partial charge < -0.3 is 0 Å². The number of aromatic nitrogens is 1. The van der Waals surface area contributed by atoms with Gasteiger partial charge in [-0.1, -0.05) is 18.7 Å². The third kappa shape index (κ3) is 3.40. The van der Waals surface area contributed by atoms with Crippen molar-refractivity contribution in [2.75, 3.05) is 4.90 Å². The molecular formula is C21H18FN3O2S. The summed E-state index contributed by atoms with van der Waals surface area (Å²) >= 11 is 1.17. The Bertz CT molecular complexity index is 1000. The van der Waals surface area contributed by atoms with Crippen LogP contribution in [0, 0.1) is 23.1 Å². The predicted molar refractivity (Wildman–Crippen MR) is 103 cm³/mol. The summed E-state index contributed by atoms with van der Waals surface area (Å²) in [6.45, 7) is 2.19. The van der Waals surface area contributed by atoms with Crippen LogP contribution in [-0.2, 0) is 22.4 Å². The quantitative estimate of drug-likeness (QED) is 0.742. The predicted octanol–water partition coefficient (Wildman–Crippen LogP) is 3.64. The van der Waals surface area contributed by atoms with Crippen LogP contribution in [0.3, 0.4) is 0 Å². The van der Waals surface area contributed by atoms with Gasteiger partial charge in [0, 0.05) is 12.1 Å². The van der Waals surface area contributed by atoms with Gasteiger partial charge in [0.1, 0.15) is 16.9 Å². The summed E-state index contributed by atoms with van der Waals surface area (Å²) < 4.78 is 13.1. The Morgan fingerprint density at radius 1 is 1.25 bits per heavy atom. The van der Waals surface area contributed by atoms with E-state index in [9.17, 15) is 19.2 Å². The molecule has 2 amide bonds. The van der Waals surface area contributed by atoms with Crippen molar-refractivity contribution in [1.29, 1.82) is 5.26 Å². The number of amides is 2. The zero-order valence-electron chi connectivity index (χ0n) is 15.3. The van der Waals surface area contributed by atoms with Gasteiger partial charge in [-0.15, -0.1) is 0 Å². The fourth-order valence-corrected chi connectivity index (χ4v) is 4.79. The molecule has 1 aromatic carbocycles.